The lowest BCUT2D eigenvalue weighted by atomic mass is 10.2. The van der Waals surface area contributed by atoms with E-state index in [0.29, 0.717) is 6.04 Å². The van der Waals surface area contributed by atoms with E-state index in [4.69, 9.17) is 0 Å². The van der Waals surface area contributed by atoms with Gasteiger partial charge in [-0.3, -0.25) is 9.97 Å². The molecule has 2 aromatic heterocycles. The van der Waals surface area contributed by atoms with Gasteiger partial charge in [0, 0.05) is 25.0 Å². The van der Waals surface area contributed by atoms with Gasteiger partial charge in [0.1, 0.15) is 11.4 Å². The largest absolute Gasteiger partial charge is 0.310 e. The summed E-state index contributed by atoms with van der Waals surface area (Å²) in [5.41, 5.74) is 1.60. The van der Waals surface area contributed by atoms with Crippen LogP contribution in [0.5, 0.6) is 0 Å². The summed E-state index contributed by atoms with van der Waals surface area (Å²) in [6, 6.07) is 0.441. The summed E-state index contributed by atoms with van der Waals surface area (Å²) < 4.78 is 3.96. The lowest BCUT2D eigenvalue weighted by molar-refractivity contribution is 0.593. The predicted octanol–water partition coefficient (Wildman–Crippen LogP) is 1.49. The molecule has 0 saturated heterocycles. The third kappa shape index (κ3) is 2.59. The summed E-state index contributed by atoms with van der Waals surface area (Å²) in [5, 5.41) is 7.43. The molecule has 1 N–H and O–H groups in total. The minimum Gasteiger partial charge on any atom is -0.310 e. The van der Waals surface area contributed by atoms with Gasteiger partial charge in [0.15, 0.2) is 0 Å². The maximum atomic E-state index is 4.22. The fraction of sp³-hybridized carbons (Fsp3) is 0.400. The number of aromatic nitrogens is 4. The van der Waals surface area contributed by atoms with E-state index < -0.39 is 0 Å². The van der Waals surface area contributed by atoms with Gasteiger partial charge in [0.2, 0.25) is 0 Å². The predicted molar refractivity (Wildman–Crippen MR) is 62.9 cm³/mol. The van der Waals surface area contributed by atoms with Crippen molar-refractivity contribution in [2.24, 2.45) is 0 Å². The summed E-state index contributed by atoms with van der Waals surface area (Å²) in [5.74, 6) is 0. The second kappa shape index (κ2) is 5.09. The van der Waals surface area contributed by atoms with Crippen LogP contribution in [0, 0.1) is 0 Å². The minimum atomic E-state index is 0.441. The lowest BCUT2D eigenvalue weighted by Gasteiger charge is -2.06. The van der Waals surface area contributed by atoms with Crippen molar-refractivity contribution < 1.29 is 0 Å². The molecule has 5 nitrogen and oxygen atoms in total. The Kier molecular flexibility index (Phi) is 3.53. The van der Waals surface area contributed by atoms with Gasteiger partial charge >= 0.3 is 0 Å². The topological polar surface area (TPSA) is 63.6 Å². The van der Waals surface area contributed by atoms with Crippen LogP contribution in [0.3, 0.4) is 0 Å². The molecule has 0 aromatic carbocycles. The van der Waals surface area contributed by atoms with Crippen LogP contribution in [0.25, 0.3) is 11.4 Å². The first kappa shape index (κ1) is 11.1. The smallest absolute Gasteiger partial charge is 0.130 e. The maximum absolute atomic E-state index is 4.22. The molecule has 0 unspecified atom stereocenters. The van der Waals surface area contributed by atoms with Crippen LogP contribution in [0.2, 0.25) is 0 Å². The zero-order valence-electron chi connectivity index (χ0n) is 9.21. The molecule has 2 rings (SSSR count). The molecule has 0 saturated carbocycles. The number of nitrogens with zero attached hydrogens (tertiary/aromatic N) is 4. The van der Waals surface area contributed by atoms with Gasteiger partial charge in [-0.1, -0.05) is 18.3 Å². The second-order valence-electron chi connectivity index (χ2n) is 3.67. The standard InChI is InChI=1S/C10H13N5S/c1-7(2)13-6-9-10(14-15-16-9)8-5-11-3-4-12-8/h3-5,7,13H,6H2,1-2H3. The fourth-order valence-electron chi connectivity index (χ4n) is 1.24. The zero-order chi connectivity index (χ0) is 11.4. The average molecular weight is 235 g/mol. The molecule has 6 heteroatoms. The number of rotatable bonds is 4. The molecular weight excluding hydrogens is 222 g/mol. The summed E-state index contributed by atoms with van der Waals surface area (Å²) in [6.45, 7) is 4.98. The second-order valence-corrected chi connectivity index (χ2v) is 4.51. The third-order valence-corrected chi connectivity index (χ3v) is 2.75. The van der Waals surface area contributed by atoms with E-state index in [1.165, 1.54) is 11.5 Å². The zero-order valence-corrected chi connectivity index (χ0v) is 10.0. The van der Waals surface area contributed by atoms with Gasteiger partial charge in [-0.05, 0) is 11.5 Å². The van der Waals surface area contributed by atoms with E-state index in [1.54, 1.807) is 18.6 Å². The highest BCUT2D eigenvalue weighted by molar-refractivity contribution is 7.05. The van der Waals surface area contributed by atoms with E-state index >= 15 is 0 Å². The Morgan fingerprint density at radius 2 is 2.25 bits per heavy atom. The van der Waals surface area contributed by atoms with Crippen molar-refractivity contribution in [1.29, 1.82) is 0 Å². The lowest BCUT2D eigenvalue weighted by Crippen LogP contribution is -2.21. The molecule has 2 heterocycles. The average Bonchev–Trinajstić information content (AvgIpc) is 2.75. The molecule has 2 aromatic rings. The summed E-state index contributed by atoms with van der Waals surface area (Å²) in [6.07, 6.45) is 5.01. The van der Waals surface area contributed by atoms with Crippen LogP contribution >= 0.6 is 11.5 Å². The third-order valence-electron chi connectivity index (χ3n) is 2.03. The first-order chi connectivity index (χ1) is 7.77. The number of nitrogens with one attached hydrogen (secondary N) is 1. The number of hydrogen-bond donors (Lipinski definition) is 1. The molecule has 0 amide bonds. The van der Waals surface area contributed by atoms with Crippen molar-refractivity contribution in [3.05, 3.63) is 23.5 Å². The molecule has 0 radical (unpaired) electrons. The van der Waals surface area contributed by atoms with Gasteiger partial charge in [-0.2, -0.15) is 0 Å². The summed E-state index contributed by atoms with van der Waals surface area (Å²) in [7, 11) is 0. The fourth-order valence-corrected chi connectivity index (χ4v) is 1.84. The first-order valence-corrected chi connectivity index (χ1v) is 5.85. The van der Waals surface area contributed by atoms with Gasteiger partial charge in [0.25, 0.3) is 0 Å². The van der Waals surface area contributed by atoms with Crippen molar-refractivity contribution in [3.63, 3.8) is 0 Å². The summed E-state index contributed by atoms with van der Waals surface area (Å²) >= 11 is 1.39. The van der Waals surface area contributed by atoms with Crippen molar-refractivity contribution >= 4 is 11.5 Å². The van der Waals surface area contributed by atoms with Gasteiger partial charge in [-0.25, -0.2) is 0 Å². The van der Waals surface area contributed by atoms with Crippen molar-refractivity contribution in [3.8, 4) is 11.4 Å². The van der Waals surface area contributed by atoms with Crippen LogP contribution in [0.1, 0.15) is 18.7 Å². The van der Waals surface area contributed by atoms with Crippen molar-refractivity contribution in [2.75, 3.05) is 0 Å². The molecular formula is C10H13N5S. The van der Waals surface area contributed by atoms with Crippen LogP contribution in [0.15, 0.2) is 18.6 Å². The molecule has 0 aliphatic rings. The Morgan fingerprint density at radius 1 is 1.38 bits per heavy atom. The molecule has 0 aliphatic heterocycles. The first-order valence-electron chi connectivity index (χ1n) is 5.08. The molecule has 0 spiro atoms. The van der Waals surface area contributed by atoms with Gasteiger partial charge < -0.3 is 5.32 Å². The Labute approximate surface area is 98.1 Å². The molecule has 84 valence electrons. The Morgan fingerprint density at radius 3 is 2.94 bits per heavy atom. The van der Waals surface area contributed by atoms with Crippen molar-refractivity contribution in [2.45, 2.75) is 26.4 Å². The van der Waals surface area contributed by atoms with Crippen LogP contribution < -0.4 is 5.32 Å². The summed E-state index contributed by atoms with van der Waals surface area (Å²) in [4.78, 5) is 9.35. The SMILES string of the molecule is CC(C)NCc1snnc1-c1cnccn1. The van der Waals surface area contributed by atoms with E-state index in [2.05, 4.69) is 38.7 Å². The van der Waals surface area contributed by atoms with Crippen LogP contribution in [-0.4, -0.2) is 25.6 Å². The molecule has 0 fully saturated rings. The maximum Gasteiger partial charge on any atom is 0.130 e. The van der Waals surface area contributed by atoms with Crippen LogP contribution in [-0.2, 0) is 6.54 Å². The van der Waals surface area contributed by atoms with E-state index in [1.807, 2.05) is 0 Å². The quantitative estimate of drug-likeness (QED) is 0.870. The highest BCUT2D eigenvalue weighted by Crippen LogP contribution is 2.20. The van der Waals surface area contributed by atoms with Gasteiger partial charge in [0.05, 0.1) is 11.1 Å². The Bertz CT molecular complexity index is 439. The van der Waals surface area contributed by atoms with Crippen LogP contribution in [0.4, 0.5) is 0 Å². The number of hydrogen-bond acceptors (Lipinski definition) is 6. The highest BCUT2D eigenvalue weighted by atomic mass is 32.1. The molecule has 0 bridgehead atoms. The Balaban J connectivity index is 2.19. The molecule has 16 heavy (non-hydrogen) atoms. The highest BCUT2D eigenvalue weighted by Gasteiger charge is 2.11. The minimum absolute atomic E-state index is 0.441. The van der Waals surface area contributed by atoms with E-state index in [0.717, 1.165) is 22.8 Å². The van der Waals surface area contributed by atoms with Crippen molar-refractivity contribution in [1.82, 2.24) is 24.9 Å². The van der Waals surface area contributed by atoms with E-state index in [-0.39, 0.29) is 0 Å². The normalized spacial score (nSPS) is 10.9. The van der Waals surface area contributed by atoms with E-state index in [9.17, 15) is 0 Å². The molecule has 0 atom stereocenters. The monoisotopic (exact) mass is 235 g/mol. The molecule has 0 aliphatic carbocycles. The Hall–Kier alpha value is -1.40. The van der Waals surface area contributed by atoms with Gasteiger partial charge in [-0.15, -0.1) is 5.10 Å².